The highest BCUT2D eigenvalue weighted by Gasteiger charge is 2.46. The van der Waals surface area contributed by atoms with Crippen LogP contribution in [-0.4, -0.2) is 72.1 Å². The first-order valence-corrected chi connectivity index (χ1v) is 15.4. The zero-order chi connectivity index (χ0) is 32.3. The molecular weight excluding hydrogens is 574 g/mol. The average molecular weight is 614 g/mol. The first kappa shape index (κ1) is 31.7. The summed E-state index contributed by atoms with van der Waals surface area (Å²) in [6, 6.07) is 12.7. The van der Waals surface area contributed by atoms with Crippen molar-refractivity contribution < 1.29 is 18.9 Å². The van der Waals surface area contributed by atoms with E-state index in [2.05, 4.69) is 27.0 Å². The van der Waals surface area contributed by atoms with Gasteiger partial charge in [-0.3, -0.25) is 14.4 Å². The van der Waals surface area contributed by atoms with Crippen LogP contribution in [0.4, 0.5) is 0 Å². The van der Waals surface area contributed by atoms with Gasteiger partial charge in [-0.15, -0.1) is 0 Å². The molecule has 1 atom stereocenters. The summed E-state index contributed by atoms with van der Waals surface area (Å²) in [6.07, 6.45) is 3.00. The Kier molecular flexibility index (Phi) is 9.20. The molecule has 1 saturated heterocycles. The number of nitriles is 1. The molecule has 45 heavy (non-hydrogen) atoms. The number of aryl methyl sites for hydroxylation is 2. The molecule has 1 unspecified atom stereocenters. The summed E-state index contributed by atoms with van der Waals surface area (Å²) in [7, 11) is 3.16. The highest BCUT2D eigenvalue weighted by Crippen LogP contribution is 2.47. The van der Waals surface area contributed by atoms with E-state index < -0.39 is 17.2 Å². The van der Waals surface area contributed by atoms with Crippen LogP contribution in [0.1, 0.15) is 87.9 Å². The third-order valence-electron chi connectivity index (χ3n) is 8.88. The standard InChI is InChI=1S/C33H39N7O5/c1-20(2)40-31(38-32(44)45-40)33(13-14-37-19-28(41)39-15-5-6-25(39)18-34)26-11-9-23(29(42)35-3)16-21(26)7-8-22-17-24(30(43)36-4)10-12-27(22)33/h9-12,16-17,20,25,37H,5-8,13-15,19H2,1-4H3,(H,35,42)(H,36,43). The largest absolute Gasteiger partial charge is 0.459 e. The number of amides is 3. The Hall–Kier alpha value is -4.76. The van der Waals surface area contributed by atoms with Crippen molar-refractivity contribution in [2.75, 3.05) is 33.7 Å². The van der Waals surface area contributed by atoms with Gasteiger partial charge in [0.2, 0.25) is 5.91 Å². The predicted octanol–water partition coefficient (Wildman–Crippen LogP) is 2.06. The summed E-state index contributed by atoms with van der Waals surface area (Å²) in [5.74, 6) is -0.893. The number of carbonyl (C=O) groups excluding carboxylic acids is 3. The van der Waals surface area contributed by atoms with Crippen LogP contribution in [0.15, 0.2) is 45.7 Å². The predicted molar refractivity (Wildman–Crippen MR) is 166 cm³/mol. The molecule has 3 aromatic rings. The van der Waals surface area contributed by atoms with E-state index in [0.29, 0.717) is 55.7 Å². The van der Waals surface area contributed by atoms with Crippen molar-refractivity contribution in [1.82, 2.24) is 30.6 Å². The van der Waals surface area contributed by atoms with Crippen LogP contribution >= 0.6 is 0 Å². The lowest BCUT2D eigenvalue weighted by atomic mass is 9.69. The number of carbonyl (C=O) groups is 3. The number of benzene rings is 2. The molecule has 2 heterocycles. The second kappa shape index (κ2) is 13.1. The van der Waals surface area contributed by atoms with Gasteiger partial charge in [0.1, 0.15) is 6.04 Å². The van der Waals surface area contributed by atoms with E-state index in [1.54, 1.807) is 31.1 Å². The lowest BCUT2D eigenvalue weighted by molar-refractivity contribution is -0.130. The summed E-state index contributed by atoms with van der Waals surface area (Å²) in [4.78, 5) is 57.3. The fraction of sp³-hybridized carbons (Fsp3) is 0.455. The van der Waals surface area contributed by atoms with Gasteiger partial charge in [-0.2, -0.15) is 15.0 Å². The maximum Gasteiger partial charge on any atom is 0.459 e. The smallest absolute Gasteiger partial charge is 0.355 e. The molecular formula is C33H39N7O5. The Morgan fingerprint density at radius 1 is 1.04 bits per heavy atom. The Bertz CT molecular complexity index is 1650. The minimum Gasteiger partial charge on any atom is -0.355 e. The molecule has 3 N–H and O–H groups in total. The molecule has 0 radical (unpaired) electrons. The second-order valence-corrected chi connectivity index (χ2v) is 11.8. The van der Waals surface area contributed by atoms with Crippen molar-refractivity contribution in [2.24, 2.45) is 0 Å². The van der Waals surface area contributed by atoms with Crippen molar-refractivity contribution in [3.63, 3.8) is 0 Å². The molecule has 3 amide bonds. The van der Waals surface area contributed by atoms with Crippen LogP contribution in [0.25, 0.3) is 0 Å². The van der Waals surface area contributed by atoms with E-state index in [1.165, 1.54) is 4.74 Å². The van der Waals surface area contributed by atoms with Gasteiger partial charge in [-0.1, -0.05) is 12.1 Å². The maximum atomic E-state index is 13.0. The molecule has 12 nitrogen and oxygen atoms in total. The zero-order valence-corrected chi connectivity index (χ0v) is 26.1. The van der Waals surface area contributed by atoms with Gasteiger partial charge in [0.05, 0.1) is 24.1 Å². The Labute approximate surface area is 261 Å². The summed E-state index contributed by atoms with van der Waals surface area (Å²) in [6.45, 7) is 4.77. The maximum absolute atomic E-state index is 13.0. The first-order valence-electron chi connectivity index (χ1n) is 15.4. The molecule has 12 heteroatoms. The molecule has 1 aliphatic heterocycles. The minimum absolute atomic E-state index is 0.0506. The fourth-order valence-corrected chi connectivity index (χ4v) is 6.73. The van der Waals surface area contributed by atoms with E-state index in [1.807, 2.05) is 38.1 Å². The van der Waals surface area contributed by atoms with Crippen LogP contribution in [0.3, 0.4) is 0 Å². The van der Waals surface area contributed by atoms with Crippen LogP contribution in [0.5, 0.6) is 0 Å². The Morgan fingerprint density at radius 3 is 2.18 bits per heavy atom. The quantitative estimate of drug-likeness (QED) is 0.309. The summed E-state index contributed by atoms with van der Waals surface area (Å²) in [5.41, 5.74) is 3.51. The number of fused-ring (bicyclic) bond motifs is 2. The van der Waals surface area contributed by atoms with Crippen molar-refractivity contribution in [1.29, 1.82) is 5.26 Å². The molecule has 236 valence electrons. The van der Waals surface area contributed by atoms with Gasteiger partial charge in [-0.05, 0) is 99.0 Å². The number of hydrogen-bond acceptors (Lipinski definition) is 8. The SMILES string of the molecule is CNC(=O)c1ccc2c(c1)CCc1cc(C(=O)NC)ccc1C2(CCNCC(=O)N1CCCC1C#N)c1nc(=O)on1C(C)C. The number of rotatable bonds is 9. The van der Waals surface area contributed by atoms with E-state index in [0.717, 1.165) is 28.7 Å². The van der Waals surface area contributed by atoms with E-state index >= 15 is 0 Å². The number of nitrogens with one attached hydrogen (secondary N) is 3. The zero-order valence-electron chi connectivity index (χ0n) is 26.1. The third kappa shape index (κ3) is 5.88. The van der Waals surface area contributed by atoms with Gasteiger partial charge in [0.25, 0.3) is 11.8 Å². The summed E-state index contributed by atoms with van der Waals surface area (Å²) < 4.78 is 7.17. The molecule has 1 aromatic heterocycles. The van der Waals surface area contributed by atoms with Crippen molar-refractivity contribution in [3.8, 4) is 6.07 Å². The second-order valence-electron chi connectivity index (χ2n) is 11.8. The van der Waals surface area contributed by atoms with E-state index in [9.17, 15) is 24.4 Å². The lowest BCUT2D eigenvalue weighted by Gasteiger charge is -2.36. The number of hydrogen-bond donors (Lipinski definition) is 3. The van der Waals surface area contributed by atoms with E-state index in [-0.39, 0.29) is 30.3 Å². The molecule has 2 aliphatic rings. The van der Waals surface area contributed by atoms with Gasteiger partial charge in [0.15, 0.2) is 5.82 Å². The van der Waals surface area contributed by atoms with Crippen molar-refractivity contribution in [3.05, 3.63) is 86.2 Å². The first-order chi connectivity index (χ1) is 21.6. The van der Waals surface area contributed by atoms with Gasteiger partial charge in [-0.25, -0.2) is 4.79 Å². The Balaban J connectivity index is 1.66. The van der Waals surface area contributed by atoms with Gasteiger partial charge >= 0.3 is 5.76 Å². The van der Waals surface area contributed by atoms with Gasteiger partial charge < -0.3 is 25.4 Å². The summed E-state index contributed by atoms with van der Waals surface area (Å²) >= 11 is 0. The fourth-order valence-electron chi connectivity index (χ4n) is 6.73. The van der Waals surface area contributed by atoms with E-state index in [4.69, 9.17) is 4.52 Å². The molecule has 5 rings (SSSR count). The third-order valence-corrected chi connectivity index (χ3v) is 8.88. The Morgan fingerprint density at radius 2 is 1.64 bits per heavy atom. The molecule has 0 spiro atoms. The summed E-state index contributed by atoms with van der Waals surface area (Å²) in [5, 5.41) is 18.1. The molecule has 0 saturated carbocycles. The monoisotopic (exact) mass is 613 g/mol. The molecule has 2 aromatic carbocycles. The van der Waals surface area contributed by atoms with Crippen molar-refractivity contribution in [2.45, 2.75) is 63.5 Å². The van der Waals surface area contributed by atoms with Crippen LogP contribution in [0.2, 0.25) is 0 Å². The molecule has 1 fully saturated rings. The van der Waals surface area contributed by atoms with Crippen LogP contribution < -0.4 is 21.7 Å². The van der Waals surface area contributed by atoms with Gasteiger partial charge in [0, 0.05) is 31.8 Å². The van der Waals surface area contributed by atoms with Crippen LogP contribution in [-0.2, 0) is 23.1 Å². The number of nitrogens with zero attached hydrogens (tertiary/aromatic N) is 4. The molecule has 0 bridgehead atoms. The van der Waals surface area contributed by atoms with Crippen LogP contribution in [0, 0.1) is 11.3 Å². The minimum atomic E-state index is -1.04. The average Bonchev–Trinajstić information content (AvgIpc) is 3.67. The topological polar surface area (TPSA) is 162 Å². The highest BCUT2D eigenvalue weighted by molar-refractivity contribution is 5.95. The number of likely N-dealkylation sites (tertiary alicyclic amines) is 1. The van der Waals surface area contributed by atoms with Crippen molar-refractivity contribution >= 4 is 17.7 Å². The lowest BCUT2D eigenvalue weighted by Crippen LogP contribution is -2.42. The highest BCUT2D eigenvalue weighted by atomic mass is 16.5. The molecule has 1 aliphatic carbocycles. The normalized spacial score (nSPS) is 16.8. The number of aromatic nitrogens is 2.